The summed E-state index contributed by atoms with van der Waals surface area (Å²) in [5.41, 5.74) is 0.332. The molecule has 0 unspecified atom stereocenters. The van der Waals surface area contributed by atoms with Crippen molar-refractivity contribution in [3.05, 3.63) is 59.7 Å². The molecule has 2 atom stereocenters. The maximum absolute atomic E-state index is 13.4. The number of alkyl carbamates (subject to hydrolysis) is 2. The summed E-state index contributed by atoms with van der Waals surface area (Å²) in [6.45, 7) is 9.19. The van der Waals surface area contributed by atoms with Crippen molar-refractivity contribution < 1.29 is 42.9 Å². The van der Waals surface area contributed by atoms with E-state index in [1.165, 1.54) is 0 Å². The third kappa shape index (κ3) is 17.0. The zero-order valence-electron chi connectivity index (χ0n) is 30.2. The first-order valence-corrected chi connectivity index (χ1v) is 19.5. The van der Waals surface area contributed by atoms with Crippen LogP contribution in [0.3, 0.4) is 0 Å². The van der Waals surface area contributed by atoms with Crippen molar-refractivity contribution in [2.45, 2.75) is 90.5 Å². The van der Waals surface area contributed by atoms with E-state index in [2.05, 4.69) is 15.6 Å². The lowest BCUT2D eigenvalue weighted by molar-refractivity contribution is -0.156. The van der Waals surface area contributed by atoms with Crippen LogP contribution in [-0.2, 0) is 41.6 Å². The van der Waals surface area contributed by atoms with Gasteiger partial charge < -0.3 is 39.3 Å². The minimum Gasteiger partial charge on any atom is -0.489 e. The van der Waals surface area contributed by atoms with Gasteiger partial charge in [-0.25, -0.2) is 19.2 Å². The highest BCUT2D eigenvalue weighted by molar-refractivity contribution is 7.99. The number of thioether (sulfide) groups is 1. The van der Waals surface area contributed by atoms with Crippen LogP contribution < -0.4 is 15.4 Å². The number of amides is 2. The molecule has 0 aliphatic carbocycles. The quantitative estimate of drug-likeness (QED) is 0.0619. The van der Waals surface area contributed by atoms with Gasteiger partial charge in [0.25, 0.3) is 0 Å². The Bertz CT molecular complexity index is 1750. The number of alkyl halides is 6. The average Bonchev–Trinajstić information content (AvgIpc) is 3.37. The average molecular weight is 893 g/mol. The lowest BCUT2D eigenvalue weighted by atomic mass is 10.0. The molecule has 0 aliphatic heterocycles. The molecule has 0 aliphatic rings. The molecule has 12 nitrogen and oxygen atoms in total. The molecule has 3 aromatic rings. The van der Waals surface area contributed by atoms with Gasteiger partial charge in [0.05, 0.1) is 10.5 Å². The standard InChI is InChI=1S/C35H41Cl6N3O9S/c1-32(2,3)52-29(46)26(44-31(48)53-33(4,5)6)17-54-27-23(22-13-12-21(14-24(22)42-27)49-16-20-10-8-7-9-11-20)15-25(28(45)50-18-34(36,37)38)43-30(47)51-19-35(39,40)41/h7-14,25-26,42H,15-19H2,1-6H3,(H,43,47)(H,44,48)/t25-,26-/m0/s1. The van der Waals surface area contributed by atoms with Crippen LogP contribution in [0.1, 0.15) is 52.7 Å². The SMILES string of the molecule is CC(C)(C)OC(=O)N[C@@H](CSc1[nH]c2cc(OCc3ccccc3)ccc2c1C[C@H](NC(=O)OCC(Cl)(Cl)Cl)C(=O)OCC(Cl)(Cl)Cl)C(=O)OC(C)(C)C. The summed E-state index contributed by atoms with van der Waals surface area (Å²) >= 11 is 35.8. The van der Waals surface area contributed by atoms with Crippen LogP contribution in [0, 0.1) is 0 Å². The fourth-order valence-electron chi connectivity index (χ4n) is 4.51. The van der Waals surface area contributed by atoms with Crippen molar-refractivity contribution in [2.75, 3.05) is 19.0 Å². The number of benzene rings is 2. The molecule has 19 heteroatoms. The van der Waals surface area contributed by atoms with Gasteiger partial charge in [0, 0.05) is 23.6 Å². The van der Waals surface area contributed by atoms with Crippen molar-refractivity contribution in [3.63, 3.8) is 0 Å². The number of halogens is 6. The molecule has 54 heavy (non-hydrogen) atoms. The zero-order chi connectivity index (χ0) is 40.5. The van der Waals surface area contributed by atoms with Crippen LogP contribution in [0.5, 0.6) is 5.75 Å². The first kappa shape index (κ1) is 45.7. The molecule has 0 fully saturated rings. The van der Waals surface area contributed by atoms with Gasteiger partial charge in [-0.15, -0.1) is 11.8 Å². The van der Waals surface area contributed by atoms with Gasteiger partial charge >= 0.3 is 24.1 Å². The van der Waals surface area contributed by atoms with Crippen molar-refractivity contribution in [1.29, 1.82) is 0 Å². The van der Waals surface area contributed by atoms with Gasteiger partial charge in [-0.3, -0.25) is 0 Å². The molecule has 2 aromatic carbocycles. The van der Waals surface area contributed by atoms with Crippen LogP contribution in [-0.4, -0.2) is 78.9 Å². The lowest BCUT2D eigenvalue weighted by Gasteiger charge is -2.26. The molecule has 0 radical (unpaired) electrons. The molecule has 0 saturated heterocycles. The van der Waals surface area contributed by atoms with Crippen LogP contribution in [0.2, 0.25) is 0 Å². The van der Waals surface area contributed by atoms with E-state index in [0.29, 0.717) is 33.8 Å². The monoisotopic (exact) mass is 889 g/mol. The number of aromatic nitrogens is 1. The lowest BCUT2D eigenvalue weighted by Crippen LogP contribution is -2.47. The van der Waals surface area contributed by atoms with E-state index in [-0.39, 0.29) is 12.2 Å². The van der Waals surface area contributed by atoms with E-state index in [0.717, 1.165) is 17.3 Å². The Labute approximate surface area is 347 Å². The molecule has 1 aromatic heterocycles. The van der Waals surface area contributed by atoms with E-state index >= 15 is 0 Å². The Hall–Kier alpha value is -2.65. The third-order valence-electron chi connectivity index (χ3n) is 6.59. The van der Waals surface area contributed by atoms with Gasteiger partial charge in [-0.2, -0.15) is 0 Å². The summed E-state index contributed by atoms with van der Waals surface area (Å²) in [6.07, 6.45) is -2.13. The summed E-state index contributed by atoms with van der Waals surface area (Å²) in [5, 5.41) is 6.10. The molecule has 0 saturated carbocycles. The molecule has 0 spiro atoms. The fraction of sp³-hybridized carbons (Fsp3) is 0.486. The number of esters is 2. The summed E-state index contributed by atoms with van der Waals surface area (Å²) in [6, 6.07) is 12.2. The normalized spacial score (nSPS) is 13.4. The first-order chi connectivity index (χ1) is 24.9. The minimum atomic E-state index is -1.95. The topological polar surface area (TPSA) is 154 Å². The van der Waals surface area contributed by atoms with E-state index in [9.17, 15) is 19.2 Å². The van der Waals surface area contributed by atoms with Crippen LogP contribution in [0.15, 0.2) is 53.6 Å². The van der Waals surface area contributed by atoms with Gasteiger partial charge in [0.1, 0.15) is 48.9 Å². The van der Waals surface area contributed by atoms with Crippen molar-refractivity contribution in [2.24, 2.45) is 0 Å². The molecule has 2 amide bonds. The number of rotatable bonds is 14. The number of ether oxygens (including phenoxy) is 5. The second-order valence-electron chi connectivity index (χ2n) is 13.8. The molecule has 298 valence electrons. The Balaban J connectivity index is 2.03. The van der Waals surface area contributed by atoms with Gasteiger partial charge in [0.15, 0.2) is 0 Å². The van der Waals surface area contributed by atoms with Gasteiger partial charge in [-0.1, -0.05) is 99.9 Å². The predicted molar refractivity (Wildman–Crippen MR) is 212 cm³/mol. The predicted octanol–water partition coefficient (Wildman–Crippen LogP) is 8.99. The number of aromatic amines is 1. The number of carbonyl (C=O) groups excluding carboxylic acids is 4. The second kappa shape index (κ2) is 19.5. The molecule has 3 N–H and O–H groups in total. The number of fused-ring (bicyclic) bond motifs is 1. The van der Waals surface area contributed by atoms with Crippen molar-refractivity contribution in [3.8, 4) is 5.75 Å². The third-order valence-corrected chi connectivity index (χ3v) is 8.39. The molecular weight excluding hydrogens is 851 g/mol. The van der Waals surface area contributed by atoms with Crippen LogP contribution in [0.25, 0.3) is 10.9 Å². The highest BCUT2D eigenvalue weighted by Crippen LogP contribution is 2.34. The molecule has 1 heterocycles. The minimum absolute atomic E-state index is 0.0492. The van der Waals surface area contributed by atoms with Crippen LogP contribution >= 0.6 is 81.4 Å². The summed E-state index contributed by atoms with van der Waals surface area (Å²) in [7, 11) is 0. The number of carbonyl (C=O) groups is 4. The molecule has 0 bridgehead atoms. The molecule has 3 rings (SSSR count). The number of hydrogen-bond donors (Lipinski definition) is 3. The summed E-state index contributed by atoms with van der Waals surface area (Å²) < 4.78 is 23.4. The Kier molecular flexibility index (Phi) is 16.5. The Morgan fingerprint density at radius 1 is 0.741 bits per heavy atom. The number of nitrogens with one attached hydrogen (secondary N) is 3. The van der Waals surface area contributed by atoms with Crippen molar-refractivity contribution in [1.82, 2.24) is 15.6 Å². The highest BCUT2D eigenvalue weighted by Gasteiger charge is 2.33. The van der Waals surface area contributed by atoms with E-state index in [1.54, 1.807) is 59.7 Å². The zero-order valence-corrected chi connectivity index (χ0v) is 35.5. The summed E-state index contributed by atoms with van der Waals surface area (Å²) in [5.74, 6) is -1.20. The van der Waals surface area contributed by atoms with E-state index < -0.39 is 68.2 Å². The number of hydrogen-bond acceptors (Lipinski definition) is 10. The summed E-state index contributed by atoms with van der Waals surface area (Å²) in [4.78, 5) is 55.6. The molecular formula is C35H41Cl6N3O9S. The van der Waals surface area contributed by atoms with Crippen molar-refractivity contribution >= 4 is 116 Å². The number of H-pyrrole nitrogens is 1. The largest absolute Gasteiger partial charge is 0.489 e. The van der Waals surface area contributed by atoms with E-state index in [4.69, 9.17) is 93.3 Å². The Morgan fingerprint density at radius 2 is 1.33 bits per heavy atom. The maximum Gasteiger partial charge on any atom is 0.408 e. The van der Waals surface area contributed by atoms with Gasteiger partial charge in [-0.05, 0) is 64.8 Å². The second-order valence-corrected chi connectivity index (χ2v) is 19.8. The Morgan fingerprint density at radius 3 is 1.93 bits per heavy atom. The van der Waals surface area contributed by atoms with Crippen LogP contribution in [0.4, 0.5) is 9.59 Å². The fourth-order valence-corrected chi connectivity index (χ4v) is 5.94. The van der Waals surface area contributed by atoms with Gasteiger partial charge in [0.2, 0.25) is 7.59 Å². The first-order valence-electron chi connectivity index (χ1n) is 16.3. The smallest absolute Gasteiger partial charge is 0.408 e. The maximum atomic E-state index is 13.4. The highest BCUT2D eigenvalue weighted by atomic mass is 35.6. The van der Waals surface area contributed by atoms with E-state index in [1.807, 2.05) is 30.3 Å².